The number of nitrogens with one attached hydrogen (secondary N) is 2. The second-order valence-corrected chi connectivity index (χ2v) is 5.63. The topological polar surface area (TPSA) is 41.1 Å². The average molecular weight is 351 g/mol. The number of halogens is 2. The number of carbonyl (C=O) groups is 1. The molecule has 110 valence electrons. The van der Waals surface area contributed by atoms with Gasteiger partial charge in [-0.25, -0.2) is 4.39 Å². The maximum Gasteiger partial charge on any atom is 0.238 e. The van der Waals surface area contributed by atoms with E-state index in [4.69, 9.17) is 0 Å². The summed E-state index contributed by atoms with van der Waals surface area (Å²) in [5, 5.41) is 5.78. The molecule has 0 bridgehead atoms. The van der Waals surface area contributed by atoms with Crippen molar-refractivity contribution in [3.05, 3.63) is 64.4 Å². The Kier molecular flexibility index (Phi) is 5.47. The van der Waals surface area contributed by atoms with Gasteiger partial charge in [0.05, 0.1) is 6.54 Å². The highest BCUT2D eigenvalue weighted by molar-refractivity contribution is 9.10. The molecule has 2 rings (SSSR count). The first-order valence-corrected chi connectivity index (χ1v) is 7.38. The van der Waals surface area contributed by atoms with E-state index in [0.29, 0.717) is 5.69 Å². The van der Waals surface area contributed by atoms with Crippen LogP contribution >= 0.6 is 15.9 Å². The van der Waals surface area contributed by atoms with Crippen LogP contribution in [0.3, 0.4) is 0 Å². The summed E-state index contributed by atoms with van der Waals surface area (Å²) >= 11 is 3.38. The number of benzene rings is 2. The molecule has 0 unspecified atom stereocenters. The van der Waals surface area contributed by atoms with Gasteiger partial charge in [-0.2, -0.15) is 0 Å². The molecule has 2 aromatic rings. The van der Waals surface area contributed by atoms with E-state index >= 15 is 0 Å². The molecular formula is C16H16BrFN2O. The summed E-state index contributed by atoms with van der Waals surface area (Å²) in [6.45, 7) is 2.15. The fourth-order valence-electron chi connectivity index (χ4n) is 1.89. The number of rotatable bonds is 5. The van der Waals surface area contributed by atoms with Crippen LogP contribution in [-0.4, -0.2) is 12.5 Å². The van der Waals surface area contributed by atoms with E-state index in [9.17, 15) is 9.18 Å². The van der Waals surface area contributed by atoms with Crippen LogP contribution in [0.5, 0.6) is 0 Å². The van der Waals surface area contributed by atoms with Crippen LogP contribution in [0.15, 0.2) is 53.0 Å². The van der Waals surface area contributed by atoms with Crippen LogP contribution < -0.4 is 10.6 Å². The Balaban J connectivity index is 1.84. The Morgan fingerprint density at radius 3 is 2.62 bits per heavy atom. The monoisotopic (exact) mass is 350 g/mol. The molecule has 0 fully saturated rings. The highest BCUT2D eigenvalue weighted by Gasteiger charge is 2.08. The summed E-state index contributed by atoms with van der Waals surface area (Å²) in [6.07, 6.45) is 0. The third-order valence-corrected chi connectivity index (χ3v) is 3.58. The summed E-state index contributed by atoms with van der Waals surface area (Å²) in [7, 11) is 0. The number of anilines is 1. The van der Waals surface area contributed by atoms with Crippen molar-refractivity contribution in [1.29, 1.82) is 0 Å². The van der Waals surface area contributed by atoms with Gasteiger partial charge in [0, 0.05) is 16.2 Å². The van der Waals surface area contributed by atoms with Crippen molar-refractivity contribution in [1.82, 2.24) is 5.32 Å². The molecule has 0 aromatic heterocycles. The molecule has 3 nitrogen and oxygen atoms in total. The molecule has 0 aliphatic rings. The first-order valence-electron chi connectivity index (χ1n) is 6.59. The maximum absolute atomic E-state index is 13.0. The Bertz CT molecular complexity index is 616. The van der Waals surface area contributed by atoms with Crippen molar-refractivity contribution in [2.75, 3.05) is 11.9 Å². The molecule has 2 aromatic carbocycles. The lowest BCUT2D eigenvalue weighted by Gasteiger charge is -2.14. The van der Waals surface area contributed by atoms with Crippen molar-refractivity contribution < 1.29 is 9.18 Å². The molecule has 2 N–H and O–H groups in total. The molecule has 0 heterocycles. The molecule has 0 saturated heterocycles. The van der Waals surface area contributed by atoms with Crippen LogP contribution in [0, 0.1) is 5.82 Å². The maximum atomic E-state index is 13.0. The quantitative estimate of drug-likeness (QED) is 0.859. The zero-order chi connectivity index (χ0) is 15.2. The van der Waals surface area contributed by atoms with Crippen molar-refractivity contribution in [3.8, 4) is 0 Å². The summed E-state index contributed by atoms with van der Waals surface area (Å²) in [6, 6.07) is 13.8. The molecule has 0 saturated carbocycles. The van der Waals surface area contributed by atoms with Gasteiger partial charge in [0.15, 0.2) is 0 Å². The standard InChI is InChI=1S/C16H16BrFN2O/c1-11(12-5-7-13(17)8-6-12)19-10-16(21)20-15-4-2-3-14(18)9-15/h2-9,11,19H,10H2,1H3,(H,20,21)/t11-/m0/s1. The van der Waals surface area contributed by atoms with E-state index in [0.717, 1.165) is 10.0 Å². The van der Waals surface area contributed by atoms with E-state index in [2.05, 4.69) is 26.6 Å². The molecule has 21 heavy (non-hydrogen) atoms. The van der Waals surface area contributed by atoms with Crippen molar-refractivity contribution >= 4 is 27.5 Å². The van der Waals surface area contributed by atoms with Crippen LogP contribution in [0.25, 0.3) is 0 Å². The van der Waals surface area contributed by atoms with E-state index in [1.807, 2.05) is 31.2 Å². The molecule has 0 aliphatic carbocycles. The van der Waals surface area contributed by atoms with Crippen molar-refractivity contribution in [2.24, 2.45) is 0 Å². The fourth-order valence-corrected chi connectivity index (χ4v) is 2.15. The molecule has 0 spiro atoms. The average Bonchev–Trinajstić information content (AvgIpc) is 2.45. The zero-order valence-corrected chi connectivity index (χ0v) is 13.2. The predicted octanol–water partition coefficient (Wildman–Crippen LogP) is 3.88. The van der Waals surface area contributed by atoms with E-state index < -0.39 is 0 Å². The SMILES string of the molecule is C[C@H](NCC(=O)Nc1cccc(F)c1)c1ccc(Br)cc1. The van der Waals surface area contributed by atoms with Gasteiger partial charge < -0.3 is 10.6 Å². The van der Waals surface area contributed by atoms with E-state index in [1.165, 1.54) is 12.1 Å². The Morgan fingerprint density at radius 2 is 1.95 bits per heavy atom. The molecule has 1 amide bonds. The summed E-state index contributed by atoms with van der Waals surface area (Å²) in [5.41, 5.74) is 1.55. The molecular weight excluding hydrogens is 335 g/mol. The molecule has 5 heteroatoms. The van der Waals surface area contributed by atoms with Gasteiger partial charge in [-0.1, -0.05) is 34.1 Å². The Hall–Kier alpha value is -1.72. The normalized spacial score (nSPS) is 12.0. The van der Waals surface area contributed by atoms with E-state index in [1.54, 1.807) is 12.1 Å². The Labute approximate surface area is 131 Å². The van der Waals surface area contributed by atoms with Gasteiger partial charge in [-0.3, -0.25) is 4.79 Å². The highest BCUT2D eigenvalue weighted by atomic mass is 79.9. The lowest BCUT2D eigenvalue weighted by molar-refractivity contribution is -0.115. The predicted molar refractivity (Wildman–Crippen MR) is 85.6 cm³/mol. The lowest BCUT2D eigenvalue weighted by atomic mass is 10.1. The van der Waals surface area contributed by atoms with Gasteiger partial charge in [-0.15, -0.1) is 0 Å². The number of hydrogen-bond acceptors (Lipinski definition) is 2. The second kappa shape index (κ2) is 7.33. The lowest BCUT2D eigenvalue weighted by Crippen LogP contribution is -2.30. The number of hydrogen-bond donors (Lipinski definition) is 2. The molecule has 0 radical (unpaired) electrons. The first-order chi connectivity index (χ1) is 10.0. The fraction of sp³-hybridized carbons (Fsp3) is 0.188. The smallest absolute Gasteiger partial charge is 0.238 e. The van der Waals surface area contributed by atoms with Gasteiger partial charge in [-0.05, 0) is 42.8 Å². The van der Waals surface area contributed by atoms with Crippen molar-refractivity contribution in [2.45, 2.75) is 13.0 Å². The van der Waals surface area contributed by atoms with Crippen LogP contribution in [-0.2, 0) is 4.79 Å². The highest BCUT2D eigenvalue weighted by Crippen LogP contribution is 2.16. The number of carbonyl (C=O) groups excluding carboxylic acids is 1. The number of amides is 1. The summed E-state index contributed by atoms with van der Waals surface area (Å²) < 4.78 is 14.0. The second-order valence-electron chi connectivity index (χ2n) is 4.71. The van der Waals surface area contributed by atoms with E-state index in [-0.39, 0.29) is 24.3 Å². The van der Waals surface area contributed by atoms with Gasteiger partial charge >= 0.3 is 0 Å². The molecule has 0 aliphatic heterocycles. The molecule has 1 atom stereocenters. The van der Waals surface area contributed by atoms with Gasteiger partial charge in [0.2, 0.25) is 5.91 Å². The van der Waals surface area contributed by atoms with Crippen LogP contribution in [0.4, 0.5) is 10.1 Å². The van der Waals surface area contributed by atoms with Crippen LogP contribution in [0.1, 0.15) is 18.5 Å². The van der Waals surface area contributed by atoms with Gasteiger partial charge in [0.1, 0.15) is 5.82 Å². The minimum absolute atomic E-state index is 0.0522. The van der Waals surface area contributed by atoms with Crippen molar-refractivity contribution in [3.63, 3.8) is 0 Å². The zero-order valence-electron chi connectivity index (χ0n) is 11.6. The minimum atomic E-state index is -0.371. The summed E-state index contributed by atoms with van der Waals surface area (Å²) in [4.78, 5) is 11.8. The Morgan fingerprint density at radius 1 is 1.24 bits per heavy atom. The summed E-state index contributed by atoms with van der Waals surface area (Å²) in [5.74, 6) is -0.575. The third kappa shape index (κ3) is 4.95. The van der Waals surface area contributed by atoms with Gasteiger partial charge in [0.25, 0.3) is 0 Å². The van der Waals surface area contributed by atoms with Crippen LogP contribution in [0.2, 0.25) is 0 Å². The third-order valence-electron chi connectivity index (χ3n) is 3.05. The minimum Gasteiger partial charge on any atom is -0.325 e. The largest absolute Gasteiger partial charge is 0.325 e. The first kappa shape index (κ1) is 15.7.